The van der Waals surface area contributed by atoms with Crippen molar-refractivity contribution >= 4 is 29.1 Å². The Hall–Kier alpha value is -1.78. The molecule has 5 heteroatoms. The van der Waals surface area contributed by atoms with Crippen LogP contribution in [0.15, 0.2) is 36.4 Å². The van der Waals surface area contributed by atoms with Crippen LogP contribution in [-0.2, 0) is 4.79 Å². The average molecular weight is 363 g/mol. The van der Waals surface area contributed by atoms with Crippen molar-refractivity contribution in [2.45, 2.75) is 38.8 Å². The van der Waals surface area contributed by atoms with Crippen molar-refractivity contribution in [1.29, 1.82) is 0 Å². The smallest absolute Gasteiger partial charge is 0.230 e. The zero-order chi connectivity index (χ0) is 17.3. The van der Waals surface area contributed by atoms with E-state index in [2.05, 4.69) is 37.4 Å². The number of piperazine rings is 1. The predicted octanol–water partition coefficient (Wildman–Crippen LogP) is 3.58. The number of benzene rings is 2. The molecule has 1 saturated heterocycles. The molecule has 2 aromatic rings. The van der Waals surface area contributed by atoms with Gasteiger partial charge in [-0.05, 0) is 49.2 Å². The van der Waals surface area contributed by atoms with E-state index in [0.717, 1.165) is 35.2 Å². The average Bonchev–Trinajstić information content (AvgIpc) is 2.61. The summed E-state index contributed by atoms with van der Waals surface area (Å²) in [5, 5.41) is 5.69. The van der Waals surface area contributed by atoms with Crippen molar-refractivity contribution in [1.82, 2.24) is 10.2 Å². The Balaban J connectivity index is 0.00000225. The number of amides is 1. The minimum Gasteiger partial charge on any atom is -0.497 e. The Morgan fingerprint density at radius 3 is 2.60 bits per heavy atom. The third-order valence-corrected chi connectivity index (χ3v) is 5.26. The maximum Gasteiger partial charge on any atom is 0.230 e. The van der Waals surface area contributed by atoms with Crippen LogP contribution in [0.5, 0.6) is 5.75 Å². The minimum atomic E-state index is -0.135. The number of fused-ring (bicyclic) bond motifs is 1. The van der Waals surface area contributed by atoms with E-state index in [9.17, 15) is 4.79 Å². The van der Waals surface area contributed by atoms with E-state index in [1.54, 1.807) is 7.11 Å². The van der Waals surface area contributed by atoms with Gasteiger partial charge in [0.1, 0.15) is 5.75 Å². The molecule has 1 amide bonds. The number of rotatable bonds is 3. The van der Waals surface area contributed by atoms with Crippen LogP contribution in [0.25, 0.3) is 10.8 Å². The van der Waals surface area contributed by atoms with Gasteiger partial charge in [-0.3, -0.25) is 4.79 Å². The van der Waals surface area contributed by atoms with Crippen LogP contribution in [0.1, 0.15) is 32.3 Å². The fraction of sp³-hybridized carbons (Fsp3) is 0.450. The normalized spacial score (nSPS) is 21.5. The number of methoxy groups -OCH3 is 1. The van der Waals surface area contributed by atoms with Gasteiger partial charge in [0, 0.05) is 25.2 Å². The van der Waals surface area contributed by atoms with Crippen molar-refractivity contribution in [3.63, 3.8) is 0 Å². The van der Waals surface area contributed by atoms with Gasteiger partial charge in [0.15, 0.2) is 0 Å². The van der Waals surface area contributed by atoms with E-state index in [0.29, 0.717) is 6.04 Å². The van der Waals surface area contributed by atoms with E-state index in [4.69, 9.17) is 4.74 Å². The van der Waals surface area contributed by atoms with Gasteiger partial charge in [0.2, 0.25) is 5.91 Å². The zero-order valence-electron chi connectivity index (χ0n) is 15.3. The number of hydrogen-bond acceptors (Lipinski definition) is 3. The van der Waals surface area contributed by atoms with Crippen LogP contribution in [0.2, 0.25) is 0 Å². The molecule has 2 aromatic carbocycles. The fourth-order valence-electron chi connectivity index (χ4n) is 3.40. The summed E-state index contributed by atoms with van der Waals surface area (Å²) in [4.78, 5) is 15.0. The van der Waals surface area contributed by atoms with Gasteiger partial charge in [-0.15, -0.1) is 12.4 Å². The molecule has 3 atom stereocenters. The SMILES string of the molecule is COc1ccc2cc(C(C)C(=O)N3CCNC(C)C3C)ccc2c1.Cl. The lowest BCUT2D eigenvalue weighted by atomic mass is 9.95. The van der Waals surface area contributed by atoms with Gasteiger partial charge < -0.3 is 15.0 Å². The molecule has 1 heterocycles. The van der Waals surface area contributed by atoms with Crippen molar-refractivity contribution in [3.8, 4) is 5.75 Å². The molecule has 1 fully saturated rings. The summed E-state index contributed by atoms with van der Waals surface area (Å²) in [6, 6.07) is 12.8. The maximum absolute atomic E-state index is 13.0. The Kier molecular flexibility index (Phi) is 6.31. The van der Waals surface area contributed by atoms with Gasteiger partial charge in [0.05, 0.1) is 13.0 Å². The lowest BCUT2D eigenvalue weighted by Crippen LogP contribution is -2.57. The highest BCUT2D eigenvalue weighted by atomic mass is 35.5. The summed E-state index contributed by atoms with van der Waals surface area (Å²) in [5.41, 5.74) is 1.07. The van der Waals surface area contributed by atoms with Crippen molar-refractivity contribution in [2.24, 2.45) is 0 Å². The molecule has 3 unspecified atom stereocenters. The van der Waals surface area contributed by atoms with Gasteiger partial charge in [0.25, 0.3) is 0 Å². The van der Waals surface area contributed by atoms with Crippen molar-refractivity contribution in [3.05, 3.63) is 42.0 Å². The third-order valence-electron chi connectivity index (χ3n) is 5.26. The summed E-state index contributed by atoms with van der Waals surface area (Å²) in [6.45, 7) is 7.90. The van der Waals surface area contributed by atoms with Gasteiger partial charge in [-0.1, -0.05) is 24.3 Å². The second-order valence-corrected chi connectivity index (χ2v) is 6.71. The van der Waals surface area contributed by atoms with E-state index in [1.807, 2.05) is 30.0 Å². The Labute approximate surface area is 155 Å². The van der Waals surface area contributed by atoms with Crippen LogP contribution in [0, 0.1) is 0 Å². The molecule has 3 rings (SSSR count). The number of halogens is 1. The third kappa shape index (κ3) is 3.91. The van der Waals surface area contributed by atoms with Crippen LogP contribution < -0.4 is 10.1 Å². The van der Waals surface area contributed by atoms with Gasteiger partial charge in [-0.2, -0.15) is 0 Å². The molecule has 25 heavy (non-hydrogen) atoms. The number of hydrogen-bond donors (Lipinski definition) is 1. The van der Waals surface area contributed by atoms with E-state index >= 15 is 0 Å². The number of carbonyl (C=O) groups excluding carboxylic acids is 1. The monoisotopic (exact) mass is 362 g/mol. The first kappa shape index (κ1) is 19.5. The summed E-state index contributed by atoms with van der Waals surface area (Å²) in [7, 11) is 1.67. The second-order valence-electron chi connectivity index (χ2n) is 6.71. The quantitative estimate of drug-likeness (QED) is 0.907. The summed E-state index contributed by atoms with van der Waals surface area (Å²) in [6.07, 6.45) is 0. The van der Waals surface area contributed by atoms with Crippen LogP contribution in [0.3, 0.4) is 0 Å². The summed E-state index contributed by atoms with van der Waals surface area (Å²) >= 11 is 0. The first-order valence-electron chi connectivity index (χ1n) is 8.63. The van der Waals surface area contributed by atoms with Gasteiger partial charge >= 0.3 is 0 Å². The Morgan fingerprint density at radius 2 is 1.88 bits per heavy atom. The molecule has 4 nitrogen and oxygen atoms in total. The molecule has 136 valence electrons. The van der Waals surface area contributed by atoms with Crippen molar-refractivity contribution in [2.75, 3.05) is 20.2 Å². The van der Waals surface area contributed by atoms with E-state index in [-0.39, 0.29) is 30.3 Å². The number of nitrogens with one attached hydrogen (secondary N) is 1. The largest absolute Gasteiger partial charge is 0.497 e. The first-order chi connectivity index (χ1) is 11.5. The van der Waals surface area contributed by atoms with Crippen LogP contribution in [0.4, 0.5) is 0 Å². The molecular formula is C20H27ClN2O2. The lowest BCUT2D eigenvalue weighted by molar-refractivity contribution is -0.136. The highest BCUT2D eigenvalue weighted by Gasteiger charge is 2.31. The van der Waals surface area contributed by atoms with Crippen LogP contribution >= 0.6 is 12.4 Å². The maximum atomic E-state index is 13.0. The standard InChI is InChI=1S/C20H26N2O2.ClH/c1-13(20(23)22-10-9-21-14(2)15(22)3)16-5-6-18-12-19(24-4)8-7-17(18)11-16;/h5-8,11-15,21H,9-10H2,1-4H3;1H. The number of ether oxygens (including phenoxy) is 1. The highest BCUT2D eigenvalue weighted by Crippen LogP contribution is 2.27. The lowest BCUT2D eigenvalue weighted by Gasteiger charge is -2.40. The molecular weight excluding hydrogens is 336 g/mol. The molecule has 0 radical (unpaired) electrons. The molecule has 0 aromatic heterocycles. The van der Waals surface area contributed by atoms with E-state index in [1.165, 1.54) is 0 Å². The predicted molar refractivity (Wildman–Crippen MR) is 105 cm³/mol. The minimum absolute atomic E-state index is 0. The van der Waals surface area contributed by atoms with Crippen LogP contribution in [-0.4, -0.2) is 43.1 Å². The topological polar surface area (TPSA) is 41.6 Å². The molecule has 0 aliphatic carbocycles. The Bertz CT molecular complexity index is 750. The zero-order valence-corrected chi connectivity index (χ0v) is 16.1. The van der Waals surface area contributed by atoms with E-state index < -0.39 is 0 Å². The molecule has 0 bridgehead atoms. The Morgan fingerprint density at radius 1 is 1.20 bits per heavy atom. The molecule has 1 N–H and O–H groups in total. The molecule has 1 aliphatic heterocycles. The summed E-state index contributed by atoms with van der Waals surface area (Å²) < 4.78 is 5.27. The number of nitrogens with zero attached hydrogens (tertiary/aromatic N) is 1. The molecule has 0 spiro atoms. The van der Waals surface area contributed by atoms with Crippen molar-refractivity contribution < 1.29 is 9.53 Å². The second kappa shape index (κ2) is 8.07. The fourth-order valence-corrected chi connectivity index (χ4v) is 3.40. The van der Waals surface area contributed by atoms with Gasteiger partial charge in [-0.25, -0.2) is 0 Å². The molecule has 1 aliphatic rings. The first-order valence-corrected chi connectivity index (χ1v) is 8.63. The highest BCUT2D eigenvalue weighted by molar-refractivity contribution is 5.88. The summed E-state index contributed by atoms with van der Waals surface area (Å²) in [5.74, 6) is 0.927. The number of carbonyl (C=O) groups is 1. The molecule has 0 saturated carbocycles.